The quantitative estimate of drug-likeness (QED) is 0.874. The highest BCUT2D eigenvalue weighted by molar-refractivity contribution is 5.68. The fourth-order valence-corrected chi connectivity index (χ4v) is 2.81. The largest absolute Gasteiger partial charge is 0.444 e. The van der Waals surface area contributed by atoms with Gasteiger partial charge in [0.15, 0.2) is 0 Å². The van der Waals surface area contributed by atoms with Gasteiger partial charge in [-0.15, -0.1) is 0 Å². The first-order chi connectivity index (χ1) is 10.6. The van der Waals surface area contributed by atoms with Crippen LogP contribution < -0.4 is 10.6 Å². The zero-order valence-electron chi connectivity index (χ0n) is 15.1. The van der Waals surface area contributed by atoms with Crippen LogP contribution >= 0.6 is 0 Å². The van der Waals surface area contributed by atoms with Gasteiger partial charge in [-0.1, -0.05) is 13.8 Å². The maximum atomic E-state index is 11.7. The molecule has 1 aromatic heterocycles. The molecule has 0 saturated heterocycles. The Labute approximate surface area is 139 Å². The molecule has 0 aliphatic heterocycles. The van der Waals surface area contributed by atoms with Gasteiger partial charge in [-0.05, 0) is 39.5 Å². The Morgan fingerprint density at radius 1 is 1.39 bits per heavy atom. The second-order valence-corrected chi connectivity index (χ2v) is 7.76. The van der Waals surface area contributed by atoms with E-state index in [9.17, 15) is 4.79 Å². The van der Waals surface area contributed by atoms with Gasteiger partial charge in [0.2, 0.25) is 0 Å². The summed E-state index contributed by atoms with van der Waals surface area (Å²) in [6.45, 7) is 10.8. The van der Waals surface area contributed by atoms with E-state index in [-0.39, 0.29) is 12.1 Å². The highest BCUT2D eigenvalue weighted by Gasteiger charge is 2.31. The van der Waals surface area contributed by atoms with Gasteiger partial charge in [0.1, 0.15) is 5.60 Å². The zero-order chi connectivity index (χ0) is 17.2. The summed E-state index contributed by atoms with van der Waals surface area (Å²) in [4.78, 5) is 11.7. The normalized spacial score (nSPS) is 21.2. The molecular formula is C17H30N4O2. The Morgan fingerprint density at radius 3 is 2.61 bits per heavy atom. The van der Waals surface area contributed by atoms with Gasteiger partial charge in [0.25, 0.3) is 0 Å². The molecule has 1 saturated carbocycles. The standard InChI is InChI=1S/C17H30N4O2/c1-11(2)15-12(10-21(6)20-15)9-18-13-7-14(8-13)19-16(22)23-17(3,4)5/h10-11,13-14,18H,7-9H2,1-6H3,(H,19,22). The van der Waals surface area contributed by atoms with E-state index >= 15 is 0 Å². The molecule has 6 heteroatoms. The number of carbonyl (C=O) groups is 1. The molecule has 1 amide bonds. The third kappa shape index (κ3) is 5.23. The maximum Gasteiger partial charge on any atom is 0.407 e. The lowest BCUT2D eigenvalue weighted by Gasteiger charge is -2.36. The Kier molecular flexibility index (Phi) is 5.34. The molecule has 0 aromatic carbocycles. The molecule has 2 N–H and O–H groups in total. The molecule has 0 atom stereocenters. The average molecular weight is 322 g/mol. The van der Waals surface area contributed by atoms with E-state index in [0.29, 0.717) is 12.0 Å². The molecule has 1 aromatic rings. The Morgan fingerprint density at radius 2 is 2.04 bits per heavy atom. The van der Waals surface area contributed by atoms with Crippen LogP contribution in [0.5, 0.6) is 0 Å². The van der Waals surface area contributed by atoms with Gasteiger partial charge < -0.3 is 15.4 Å². The van der Waals surface area contributed by atoms with Crippen molar-refractivity contribution in [2.45, 2.75) is 77.6 Å². The summed E-state index contributed by atoms with van der Waals surface area (Å²) in [6, 6.07) is 0.649. The second kappa shape index (κ2) is 6.91. The number of ether oxygens (including phenoxy) is 1. The average Bonchev–Trinajstić information content (AvgIpc) is 2.71. The highest BCUT2D eigenvalue weighted by Crippen LogP contribution is 2.22. The van der Waals surface area contributed by atoms with E-state index in [1.807, 2.05) is 32.5 Å². The van der Waals surface area contributed by atoms with E-state index in [4.69, 9.17) is 4.74 Å². The summed E-state index contributed by atoms with van der Waals surface area (Å²) in [5.74, 6) is 0.427. The summed E-state index contributed by atoms with van der Waals surface area (Å²) >= 11 is 0. The van der Waals surface area contributed by atoms with Crippen LogP contribution in [0.1, 0.15) is 64.6 Å². The number of rotatable bonds is 5. The van der Waals surface area contributed by atoms with Crippen molar-refractivity contribution in [3.8, 4) is 0 Å². The molecule has 1 aliphatic carbocycles. The predicted molar refractivity (Wildman–Crippen MR) is 90.3 cm³/mol. The molecule has 0 radical (unpaired) electrons. The van der Waals surface area contributed by atoms with Gasteiger partial charge in [-0.3, -0.25) is 4.68 Å². The van der Waals surface area contributed by atoms with Crippen LogP contribution in [-0.2, 0) is 18.3 Å². The monoisotopic (exact) mass is 322 g/mol. The van der Waals surface area contributed by atoms with Crippen molar-refractivity contribution in [3.05, 3.63) is 17.5 Å². The number of alkyl carbamates (subject to hydrolysis) is 1. The molecule has 1 heterocycles. The Hall–Kier alpha value is -1.56. The highest BCUT2D eigenvalue weighted by atomic mass is 16.6. The maximum absolute atomic E-state index is 11.7. The molecule has 1 fully saturated rings. The van der Waals surface area contributed by atoms with Crippen molar-refractivity contribution < 1.29 is 9.53 Å². The summed E-state index contributed by atoms with van der Waals surface area (Å²) in [6.07, 6.45) is 3.64. The smallest absolute Gasteiger partial charge is 0.407 e. The minimum atomic E-state index is -0.445. The van der Waals surface area contributed by atoms with Gasteiger partial charge in [0.05, 0.1) is 5.69 Å². The number of hydrogen-bond donors (Lipinski definition) is 2. The topological polar surface area (TPSA) is 68.2 Å². The fraction of sp³-hybridized carbons (Fsp3) is 0.765. The van der Waals surface area contributed by atoms with Gasteiger partial charge in [-0.25, -0.2) is 4.79 Å². The van der Waals surface area contributed by atoms with Crippen molar-refractivity contribution >= 4 is 6.09 Å². The first-order valence-corrected chi connectivity index (χ1v) is 8.39. The number of nitrogens with one attached hydrogen (secondary N) is 2. The van der Waals surface area contributed by atoms with Crippen LogP contribution in [0.3, 0.4) is 0 Å². The molecule has 130 valence electrons. The Bertz CT molecular complexity index is 539. The number of aromatic nitrogens is 2. The molecule has 0 bridgehead atoms. The van der Waals surface area contributed by atoms with Crippen LogP contribution in [0.4, 0.5) is 4.79 Å². The van der Waals surface area contributed by atoms with E-state index in [2.05, 4.69) is 35.8 Å². The zero-order valence-corrected chi connectivity index (χ0v) is 15.1. The van der Waals surface area contributed by atoms with Crippen LogP contribution in [0.2, 0.25) is 0 Å². The second-order valence-electron chi connectivity index (χ2n) is 7.76. The third-order valence-corrected chi connectivity index (χ3v) is 3.92. The first kappa shape index (κ1) is 17.8. The van der Waals surface area contributed by atoms with Crippen LogP contribution in [0.15, 0.2) is 6.20 Å². The molecule has 23 heavy (non-hydrogen) atoms. The molecular weight excluding hydrogens is 292 g/mol. The lowest BCUT2D eigenvalue weighted by Crippen LogP contribution is -2.53. The van der Waals surface area contributed by atoms with Gasteiger partial charge in [-0.2, -0.15) is 5.10 Å². The summed E-state index contributed by atoms with van der Waals surface area (Å²) < 4.78 is 7.15. The summed E-state index contributed by atoms with van der Waals surface area (Å²) in [7, 11) is 1.96. The minimum absolute atomic E-state index is 0.209. The predicted octanol–water partition coefficient (Wildman–Crippen LogP) is 2.69. The summed E-state index contributed by atoms with van der Waals surface area (Å²) in [5, 5.41) is 11.0. The van der Waals surface area contributed by atoms with Gasteiger partial charge >= 0.3 is 6.09 Å². The summed E-state index contributed by atoms with van der Waals surface area (Å²) in [5.41, 5.74) is 1.97. The number of hydrogen-bond acceptors (Lipinski definition) is 4. The van der Waals surface area contributed by atoms with E-state index < -0.39 is 5.60 Å². The molecule has 0 spiro atoms. The minimum Gasteiger partial charge on any atom is -0.444 e. The fourth-order valence-electron chi connectivity index (χ4n) is 2.81. The van der Waals surface area contributed by atoms with Crippen LogP contribution in [0.25, 0.3) is 0 Å². The number of aryl methyl sites for hydroxylation is 1. The van der Waals surface area contributed by atoms with Crippen molar-refractivity contribution in [2.75, 3.05) is 0 Å². The molecule has 1 aliphatic rings. The Balaban J connectivity index is 1.72. The van der Waals surface area contributed by atoms with Crippen molar-refractivity contribution in [3.63, 3.8) is 0 Å². The van der Waals surface area contributed by atoms with E-state index in [0.717, 1.165) is 25.1 Å². The van der Waals surface area contributed by atoms with Crippen molar-refractivity contribution in [1.82, 2.24) is 20.4 Å². The molecule has 0 unspecified atom stereocenters. The van der Waals surface area contributed by atoms with Crippen molar-refractivity contribution in [1.29, 1.82) is 0 Å². The first-order valence-electron chi connectivity index (χ1n) is 8.39. The molecule has 2 rings (SSSR count). The van der Waals surface area contributed by atoms with E-state index in [1.165, 1.54) is 5.56 Å². The van der Waals surface area contributed by atoms with Crippen molar-refractivity contribution in [2.24, 2.45) is 7.05 Å². The SMILES string of the molecule is CC(C)c1nn(C)cc1CNC1CC(NC(=O)OC(C)(C)C)C1. The molecule has 6 nitrogen and oxygen atoms in total. The van der Waals surface area contributed by atoms with Gasteiger partial charge in [0, 0.05) is 37.4 Å². The number of carbonyl (C=O) groups excluding carboxylic acids is 1. The number of nitrogens with zero attached hydrogens (tertiary/aromatic N) is 2. The van der Waals surface area contributed by atoms with Crippen LogP contribution in [-0.4, -0.2) is 33.6 Å². The van der Waals surface area contributed by atoms with Crippen LogP contribution in [0, 0.1) is 0 Å². The number of amides is 1. The third-order valence-electron chi connectivity index (χ3n) is 3.92. The lowest BCUT2D eigenvalue weighted by atomic mass is 9.86. The van der Waals surface area contributed by atoms with E-state index in [1.54, 1.807) is 0 Å². The lowest BCUT2D eigenvalue weighted by molar-refractivity contribution is 0.0465.